The van der Waals surface area contributed by atoms with Gasteiger partial charge >= 0.3 is 5.97 Å². The average molecular weight is 267 g/mol. The molecule has 0 spiro atoms. The molecule has 18 heavy (non-hydrogen) atoms. The number of aromatic carboxylic acids is 1. The Labute approximate surface area is 111 Å². The van der Waals surface area contributed by atoms with Crippen molar-refractivity contribution >= 4 is 23.4 Å². The minimum atomic E-state index is -0.979. The van der Waals surface area contributed by atoms with E-state index in [1.807, 2.05) is 25.6 Å². The van der Waals surface area contributed by atoms with Gasteiger partial charge in [-0.25, -0.2) is 14.8 Å². The maximum Gasteiger partial charge on any atom is 0.356 e. The molecule has 1 aromatic rings. The molecule has 5 nitrogen and oxygen atoms in total. The SMILES string of the molecule is CC(C)c1ncc(N2CCSCC2)c(C(=O)O)n1. The fourth-order valence-electron chi connectivity index (χ4n) is 1.86. The normalized spacial score (nSPS) is 16.1. The summed E-state index contributed by atoms with van der Waals surface area (Å²) in [5.41, 5.74) is 0.771. The molecule has 98 valence electrons. The lowest BCUT2D eigenvalue weighted by Crippen LogP contribution is -2.34. The number of hydrogen-bond donors (Lipinski definition) is 1. The first-order valence-corrected chi connectivity index (χ1v) is 7.18. The van der Waals surface area contributed by atoms with Crippen molar-refractivity contribution in [2.75, 3.05) is 29.5 Å². The number of carbonyl (C=O) groups is 1. The lowest BCUT2D eigenvalue weighted by Gasteiger charge is -2.29. The molecular weight excluding hydrogens is 250 g/mol. The molecule has 1 aliphatic rings. The predicted octanol–water partition coefficient (Wildman–Crippen LogP) is 1.85. The maximum absolute atomic E-state index is 11.3. The minimum Gasteiger partial charge on any atom is -0.476 e. The van der Waals surface area contributed by atoms with Gasteiger partial charge in [-0.05, 0) is 0 Å². The number of hydrogen-bond acceptors (Lipinski definition) is 5. The molecule has 0 unspecified atom stereocenters. The molecule has 1 aliphatic heterocycles. The average Bonchev–Trinajstić information content (AvgIpc) is 2.39. The van der Waals surface area contributed by atoms with Crippen molar-refractivity contribution in [1.29, 1.82) is 0 Å². The highest BCUT2D eigenvalue weighted by atomic mass is 32.2. The smallest absolute Gasteiger partial charge is 0.356 e. The van der Waals surface area contributed by atoms with Crippen LogP contribution in [0.15, 0.2) is 6.20 Å². The second-order valence-electron chi connectivity index (χ2n) is 4.52. The van der Waals surface area contributed by atoms with Crippen molar-refractivity contribution in [3.05, 3.63) is 17.7 Å². The fraction of sp³-hybridized carbons (Fsp3) is 0.583. The Balaban J connectivity index is 2.36. The number of nitrogens with zero attached hydrogens (tertiary/aromatic N) is 3. The highest BCUT2D eigenvalue weighted by Gasteiger charge is 2.21. The van der Waals surface area contributed by atoms with E-state index in [9.17, 15) is 9.90 Å². The fourth-order valence-corrected chi connectivity index (χ4v) is 2.76. The first-order valence-electron chi connectivity index (χ1n) is 6.02. The van der Waals surface area contributed by atoms with Gasteiger partial charge in [0.25, 0.3) is 0 Å². The molecular formula is C12H17N3O2S. The van der Waals surface area contributed by atoms with Gasteiger partial charge in [0.05, 0.1) is 11.9 Å². The summed E-state index contributed by atoms with van der Waals surface area (Å²) in [5.74, 6) is 1.78. The molecule has 1 N–H and O–H groups in total. The summed E-state index contributed by atoms with van der Waals surface area (Å²) in [6.07, 6.45) is 1.65. The van der Waals surface area contributed by atoms with Crippen molar-refractivity contribution < 1.29 is 9.90 Å². The van der Waals surface area contributed by atoms with Crippen LogP contribution in [0.4, 0.5) is 5.69 Å². The molecule has 6 heteroatoms. The molecule has 0 aliphatic carbocycles. The molecule has 1 saturated heterocycles. The second kappa shape index (κ2) is 5.56. The van der Waals surface area contributed by atoms with E-state index < -0.39 is 5.97 Å². The van der Waals surface area contributed by atoms with E-state index in [-0.39, 0.29) is 11.6 Å². The lowest BCUT2D eigenvalue weighted by molar-refractivity contribution is 0.0690. The summed E-state index contributed by atoms with van der Waals surface area (Å²) in [6.45, 7) is 5.63. The minimum absolute atomic E-state index is 0.126. The van der Waals surface area contributed by atoms with Gasteiger partial charge in [-0.1, -0.05) is 13.8 Å². The third kappa shape index (κ3) is 2.75. The summed E-state index contributed by atoms with van der Waals surface area (Å²) < 4.78 is 0. The van der Waals surface area contributed by atoms with Crippen LogP contribution in [0.5, 0.6) is 0 Å². The zero-order valence-corrected chi connectivity index (χ0v) is 11.4. The summed E-state index contributed by atoms with van der Waals surface area (Å²) in [6, 6.07) is 0. The molecule has 0 amide bonds. The van der Waals surface area contributed by atoms with Crippen molar-refractivity contribution in [2.24, 2.45) is 0 Å². The Bertz CT molecular complexity index is 445. The van der Waals surface area contributed by atoms with Gasteiger partial charge in [0.15, 0.2) is 5.69 Å². The van der Waals surface area contributed by atoms with E-state index in [1.54, 1.807) is 6.20 Å². The standard InChI is InChI=1S/C12H17N3O2S/c1-8(2)11-13-7-9(10(14-11)12(16)17)15-3-5-18-6-4-15/h7-8H,3-6H2,1-2H3,(H,16,17). The number of anilines is 1. The van der Waals surface area contributed by atoms with Crippen molar-refractivity contribution in [3.8, 4) is 0 Å². The van der Waals surface area contributed by atoms with E-state index in [2.05, 4.69) is 14.9 Å². The van der Waals surface area contributed by atoms with Crippen LogP contribution in [0.3, 0.4) is 0 Å². The van der Waals surface area contributed by atoms with Gasteiger partial charge in [0, 0.05) is 30.5 Å². The zero-order valence-electron chi connectivity index (χ0n) is 10.6. The summed E-state index contributed by atoms with van der Waals surface area (Å²) in [4.78, 5) is 21.8. The molecule has 0 bridgehead atoms. The van der Waals surface area contributed by atoms with Crippen LogP contribution in [-0.4, -0.2) is 45.6 Å². The van der Waals surface area contributed by atoms with Crippen LogP contribution in [0.25, 0.3) is 0 Å². The van der Waals surface area contributed by atoms with Gasteiger partial charge in [0.1, 0.15) is 5.82 Å². The van der Waals surface area contributed by atoms with Crippen molar-refractivity contribution in [3.63, 3.8) is 0 Å². The highest BCUT2D eigenvalue weighted by molar-refractivity contribution is 7.99. The molecule has 2 rings (SSSR count). The molecule has 2 heterocycles. The molecule has 1 fully saturated rings. The summed E-state index contributed by atoms with van der Waals surface area (Å²) >= 11 is 1.89. The van der Waals surface area contributed by atoms with Gasteiger partial charge in [-0.2, -0.15) is 11.8 Å². The molecule has 0 saturated carbocycles. The van der Waals surface area contributed by atoms with E-state index in [1.165, 1.54) is 0 Å². The van der Waals surface area contributed by atoms with Crippen LogP contribution >= 0.6 is 11.8 Å². The van der Waals surface area contributed by atoms with Gasteiger partial charge in [0.2, 0.25) is 0 Å². The Kier molecular flexibility index (Phi) is 4.06. The first kappa shape index (κ1) is 13.1. The summed E-state index contributed by atoms with van der Waals surface area (Å²) in [5, 5.41) is 9.28. The molecule has 1 aromatic heterocycles. The van der Waals surface area contributed by atoms with Crippen molar-refractivity contribution in [2.45, 2.75) is 19.8 Å². The van der Waals surface area contributed by atoms with Crippen LogP contribution in [0.1, 0.15) is 36.1 Å². The zero-order chi connectivity index (χ0) is 13.1. The van der Waals surface area contributed by atoms with Crippen LogP contribution < -0.4 is 4.90 Å². The largest absolute Gasteiger partial charge is 0.476 e. The number of aromatic nitrogens is 2. The Morgan fingerprint density at radius 1 is 1.44 bits per heavy atom. The van der Waals surface area contributed by atoms with E-state index >= 15 is 0 Å². The lowest BCUT2D eigenvalue weighted by atomic mass is 10.2. The monoisotopic (exact) mass is 267 g/mol. The van der Waals surface area contributed by atoms with Gasteiger partial charge < -0.3 is 10.0 Å². The van der Waals surface area contributed by atoms with Crippen molar-refractivity contribution in [1.82, 2.24) is 9.97 Å². The topological polar surface area (TPSA) is 66.3 Å². The van der Waals surface area contributed by atoms with E-state index in [0.717, 1.165) is 24.6 Å². The Morgan fingerprint density at radius 3 is 2.67 bits per heavy atom. The van der Waals surface area contributed by atoms with E-state index in [0.29, 0.717) is 11.5 Å². The maximum atomic E-state index is 11.3. The van der Waals surface area contributed by atoms with Gasteiger partial charge in [-0.15, -0.1) is 0 Å². The van der Waals surface area contributed by atoms with Gasteiger partial charge in [-0.3, -0.25) is 0 Å². The molecule has 0 radical (unpaired) electrons. The van der Waals surface area contributed by atoms with Crippen LogP contribution in [-0.2, 0) is 0 Å². The number of thioether (sulfide) groups is 1. The Morgan fingerprint density at radius 2 is 2.11 bits per heavy atom. The predicted molar refractivity (Wildman–Crippen MR) is 72.6 cm³/mol. The highest BCUT2D eigenvalue weighted by Crippen LogP contribution is 2.23. The number of rotatable bonds is 3. The second-order valence-corrected chi connectivity index (χ2v) is 5.75. The first-order chi connectivity index (χ1) is 8.59. The molecule has 0 aromatic carbocycles. The molecule has 0 atom stereocenters. The Hall–Kier alpha value is -1.30. The summed E-state index contributed by atoms with van der Waals surface area (Å²) in [7, 11) is 0. The third-order valence-electron chi connectivity index (χ3n) is 2.86. The van der Waals surface area contributed by atoms with E-state index in [4.69, 9.17) is 0 Å². The number of carboxylic acids is 1. The quantitative estimate of drug-likeness (QED) is 0.901. The number of carboxylic acid groups (broad SMARTS) is 1. The third-order valence-corrected chi connectivity index (χ3v) is 3.80. The van der Waals surface area contributed by atoms with Crippen LogP contribution in [0, 0.1) is 0 Å². The van der Waals surface area contributed by atoms with Crippen LogP contribution in [0.2, 0.25) is 0 Å².